The van der Waals surface area contributed by atoms with Crippen molar-refractivity contribution in [3.63, 3.8) is 0 Å². The van der Waals surface area contributed by atoms with Crippen LogP contribution in [0.4, 0.5) is 4.79 Å². The lowest BCUT2D eigenvalue weighted by Gasteiger charge is -2.56. The number of fused-ring (bicyclic) bond motifs is 4. The fraction of sp³-hybridized carbons (Fsp3) is 0.781. The standard InChI is InChI=1S/C64H96N2O19/c1-29-15-18-46(82-50-27-62(11,65)57(37(9)80-50)66-61(74)76-14)30(2)20-40-22-39(28-77-38(10)67)34(6)26-64(40)59(72)51(60(73)85-64)58(71)63(12)43(29)17-16-42-52(63)31(3)19-32(4)54(42)84-49-25-47(53(70)35(7)78-49)83-48-24-45(69)56(36(8)79-48)81-41-21-33(5)55(75-13)44(68)23-41/h15-17,20,22,31-37,40-50,52-57,68-71H,18-19,21,23-28,65H2,1-14H3,(H,66,74)/b29-15+,30-20+,58-51+/t31-,32-,33+,34+,35-,36-,37+,40+,41-,42-,43-,44+,45+,46-,47+,48+,49+,50-,52+,53-,54-,55-,56-,57-,62-,63+,64-/m0/s1. The molecule has 2 saturated carbocycles. The summed E-state index contributed by atoms with van der Waals surface area (Å²) in [6.07, 6.45) is 1.30. The number of ketones is 1. The molecule has 4 aliphatic heterocycles. The largest absolute Gasteiger partial charge is 0.511 e. The maximum Gasteiger partial charge on any atom is 0.407 e. The van der Waals surface area contributed by atoms with Crippen molar-refractivity contribution in [3.05, 3.63) is 58.4 Å². The predicted octanol–water partition coefficient (Wildman–Crippen LogP) is 6.49. The summed E-state index contributed by atoms with van der Waals surface area (Å²) in [7, 11) is 2.87. The molecule has 1 spiro atoms. The van der Waals surface area contributed by atoms with Crippen molar-refractivity contribution in [3.8, 4) is 0 Å². The van der Waals surface area contributed by atoms with Gasteiger partial charge in [-0.15, -0.1) is 0 Å². The quantitative estimate of drug-likeness (QED) is 0.0527. The smallest absolute Gasteiger partial charge is 0.407 e. The molecule has 476 valence electrons. The molecule has 0 aromatic heterocycles. The first-order valence-corrected chi connectivity index (χ1v) is 30.9. The molecule has 9 rings (SSSR count). The highest BCUT2D eigenvalue weighted by atomic mass is 16.7. The Kier molecular flexibility index (Phi) is 19.8. The maximum absolute atomic E-state index is 15.7. The van der Waals surface area contributed by atoms with Crippen LogP contribution < -0.4 is 11.1 Å². The van der Waals surface area contributed by atoms with Crippen molar-refractivity contribution in [1.82, 2.24) is 5.32 Å². The Hall–Kier alpha value is -4.10. The minimum Gasteiger partial charge on any atom is -0.511 e. The van der Waals surface area contributed by atoms with Gasteiger partial charge in [0.2, 0.25) is 5.78 Å². The third-order valence-corrected chi connectivity index (χ3v) is 20.7. The number of allylic oxidation sites excluding steroid dienone is 3. The average Bonchev–Trinajstić information content (AvgIpc) is 1.71. The molecule has 9 aliphatic rings. The van der Waals surface area contributed by atoms with Crippen LogP contribution in [0, 0.1) is 52.8 Å². The topological polar surface area (TPSA) is 289 Å². The molecule has 85 heavy (non-hydrogen) atoms. The molecule has 21 heteroatoms. The summed E-state index contributed by atoms with van der Waals surface area (Å²) in [5.41, 5.74) is 4.73. The van der Waals surface area contributed by atoms with E-state index in [2.05, 4.69) is 37.4 Å². The van der Waals surface area contributed by atoms with E-state index in [4.69, 9.17) is 57.8 Å². The highest BCUT2D eigenvalue weighted by Gasteiger charge is 2.64. The number of methoxy groups -OCH3 is 2. The second-order valence-corrected chi connectivity index (χ2v) is 27.0. The number of nitrogens with one attached hydrogen (secondary N) is 1. The summed E-state index contributed by atoms with van der Waals surface area (Å²) >= 11 is 0. The van der Waals surface area contributed by atoms with E-state index in [1.165, 1.54) is 14.0 Å². The number of aliphatic hydroxyl groups excluding tert-OH is 4. The SMILES string of the molecule is COC(=O)N[C@H]1[C@@H](C)O[C@@H](O[C@H]2C/C=C(\C)[C@@H]3C=C[C@@H]4[C@@H](O[C@@H]5C[C@@H](O[C@@H]6C[C@@H](O)[C@@H](O[C@H]7C[C@@H](C)[C@H](OC)[C@H](O)C7)[C@H](C)O6)[C@@H](O)[C@H](C)O5)[C@@H](C)C[C@H](C)[C@H]4[C@]3(C)/C(O)=C3\C(=O)O[C@]4(C[C@@H](C)C(COC(C)=O)=C[C@H]4/C=C/2C)C3=O)C[C@]1(C)N. The number of aliphatic hydroxyl groups is 4. The molecular formula is C64H96N2O19. The van der Waals surface area contributed by atoms with E-state index >= 15 is 4.79 Å². The van der Waals surface area contributed by atoms with Gasteiger partial charge in [-0.25, -0.2) is 9.59 Å². The lowest BCUT2D eigenvalue weighted by atomic mass is 9.49. The summed E-state index contributed by atoms with van der Waals surface area (Å²) in [6.45, 7) is 22.4. The van der Waals surface area contributed by atoms with Gasteiger partial charge in [0.15, 0.2) is 24.5 Å². The molecule has 5 aliphatic carbocycles. The van der Waals surface area contributed by atoms with Gasteiger partial charge in [-0.1, -0.05) is 70.6 Å². The van der Waals surface area contributed by atoms with Gasteiger partial charge in [-0.2, -0.15) is 0 Å². The van der Waals surface area contributed by atoms with Crippen LogP contribution >= 0.6 is 0 Å². The van der Waals surface area contributed by atoms with Crippen LogP contribution in [0.25, 0.3) is 0 Å². The van der Waals surface area contributed by atoms with Crippen molar-refractivity contribution in [1.29, 1.82) is 0 Å². The van der Waals surface area contributed by atoms with Gasteiger partial charge < -0.3 is 83.6 Å². The third kappa shape index (κ3) is 12.9. The molecule has 4 heterocycles. The normalized spacial score (nSPS) is 48.8. The van der Waals surface area contributed by atoms with Crippen molar-refractivity contribution in [2.24, 2.45) is 58.5 Å². The van der Waals surface area contributed by atoms with Crippen LogP contribution in [-0.2, 0) is 66.5 Å². The summed E-state index contributed by atoms with van der Waals surface area (Å²) < 4.78 is 68.5. The number of amides is 1. The number of carbonyl (C=O) groups excluding carboxylic acids is 4. The van der Waals surface area contributed by atoms with Gasteiger partial charge in [0.05, 0.1) is 74.2 Å². The number of hydrogen-bond donors (Lipinski definition) is 6. The zero-order chi connectivity index (χ0) is 61.9. The van der Waals surface area contributed by atoms with Crippen LogP contribution in [0.5, 0.6) is 0 Å². The first-order chi connectivity index (χ1) is 40.0. The Bertz CT molecular complexity index is 2610. The van der Waals surface area contributed by atoms with Crippen molar-refractivity contribution in [2.45, 2.75) is 244 Å². The zero-order valence-electron chi connectivity index (χ0n) is 52.1. The highest BCUT2D eigenvalue weighted by Crippen LogP contribution is 2.61. The van der Waals surface area contributed by atoms with E-state index in [0.29, 0.717) is 31.3 Å². The van der Waals surface area contributed by atoms with Crippen LogP contribution in [0.3, 0.4) is 0 Å². The van der Waals surface area contributed by atoms with E-state index in [9.17, 15) is 34.8 Å². The van der Waals surface area contributed by atoms with Crippen LogP contribution in [0.15, 0.2) is 58.4 Å². The molecular weight excluding hydrogens is 1100 g/mol. The molecule has 2 bridgehead atoms. The van der Waals surface area contributed by atoms with E-state index < -0.39 is 150 Å². The first-order valence-electron chi connectivity index (χ1n) is 30.9. The van der Waals surface area contributed by atoms with Gasteiger partial charge in [0, 0.05) is 74.8 Å². The molecule has 0 aromatic rings. The number of esters is 2. The Balaban J connectivity index is 1.02. The van der Waals surface area contributed by atoms with Gasteiger partial charge in [-0.3, -0.25) is 9.59 Å². The van der Waals surface area contributed by atoms with Gasteiger partial charge in [0.1, 0.15) is 30.1 Å². The highest BCUT2D eigenvalue weighted by molar-refractivity contribution is 6.26. The molecule has 0 unspecified atom stereocenters. The summed E-state index contributed by atoms with van der Waals surface area (Å²) in [5, 5.41) is 50.0. The fourth-order valence-corrected chi connectivity index (χ4v) is 16.4. The average molecular weight is 1200 g/mol. The summed E-state index contributed by atoms with van der Waals surface area (Å²) in [5.74, 6) is -5.11. The van der Waals surface area contributed by atoms with Gasteiger partial charge >= 0.3 is 18.0 Å². The van der Waals surface area contributed by atoms with Crippen molar-refractivity contribution >= 4 is 23.8 Å². The second-order valence-electron chi connectivity index (χ2n) is 27.0. The Morgan fingerprint density at radius 2 is 1.42 bits per heavy atom. The molecule has 0 radical (unpaired) electrons. The first kappa shape index (κ1) is 65.3. The minimum atomic E-state index is -1.78. The van der Waals surface area contributed by atoms with Crippen molar-refractivity contribution < 1.29 is 91.7 Å². The van der Waals surface area contributed by atoms with Crippen LogP contribution in [0.2, 0.25) is 0 Å². The van der Waals surface area contributed by atoms with Crippen molar-refractivity contribution in [2.75, 3.05) is 20.8 Å². The Morgan fingerprint density at radius 3 is 2.08 bits per heavy atom. The minimum absolute atomic E-state index is 0.0376. The molecule has 0 aromatic carbocycles. The van der Waals surface area contributed by atoms with E-state index in [1.807, 2.05) is 60.6 Å². The number of ether oxygens (including phenoxy) is 11. The number of rotatable bonds is 12. The molecule has 6 fully saturated rings. The Morgan fingerprint density at radius 1 is 0.753 bits per heavy atom. The fourth-order valence-electron chi connectivity index (χ4n) is 16.4. The molecule has 27 atom stereocenters. The number of nitrogens with two attached hydrogens (primary N) is 1. The lowest BCUT2D eigenvalue weighted by molar-refractivity contribution is -0.321. The summed E-state index contributed by atoms with van der Waals surface area (Å²) in [4.78, 5) is 55.1. The molecule has 7 N–H and O–H groups in total. The molecule has 21 nitrogen and oxygen atoms in total. The number of hydrogen-bond acceptors (Lipinski definition) is 20. The lowest BCUT2D eigenvalue weighted by Crippen LogP contribution is -2.66. The summed E-state index contributed by atoms with van der Waals surface area (Å²) in [6, 6.07) is -0.607. The Labute approximate surface area is 500 Å². The maximum atomic E-state index is 15.7. The van der Waals surface area contributed by atoms with E-state index in [1.54, 1.807) is 21.0 Å². The number of Topliss-reactive ketones (excluding diaryl/α,β-unsaturated/α-hetero) is 1. The third-order valence-electron chi connectivity index (χ3n) is 20.7. The van der Waals surface area contributed by atoms with Gasteiger partial charge in [0.25, 0.3) is 0 Å². The monoisotopic (exact) mass is 1200 g/mol. The number of alkyl carbamates (subject to hydrolysis) is 1. The number of carbonyl (C=O) groups is 4. The zero-order valence-corrected chi connectivity index (χ0v) is 52.1. The molecule has 4 saturated heterocycles. The van der Waals surface area contributed by atoms with E-state index in [-0.39, 0.29) is 79.8 Å². The molecule has 1 amide bonds. The van der Waals surface area contributed by atoms with Gasteiger partial charge in [-0.05, 0) is 102 Å². The van der Waals surface area contributed by atoms with E-state index in [0.717, 1.165) is 11.1 Å². The second kappa shape index (κ2) is 25.8. The predicted molar refractivity (Wildman–Crippen MR) is 308 cm³/mol. The van der Waals surface area contributed by atoms with Crippen LogP contribution in [0.1, 0.15) is 134 Å². The van der Waals surface area contributed by atoms with Crippen LogP contribution in [-0.4, -0.2) is 174 Å².